The van der Waals surface area contributed by atoms with Gasteiger partial charge in [-0.15, -0.1) is 0 Å². The Morgan fingerprint density at radius 3 is 2.56 bits per heavy atom. The van der Waals surface area contributed by atoms with Crippen LogP contribution in [0.4, 0.5) is 16.3 Å². The Labute approximate surface area is 144 Å². The zero-order valence-corrected chi connectivity index (χ0v) is 14.2. The average Bonchev–Trinajstić information content (AvgIpc) is 2.48. The van der Waals surface area contributed by atoms with Crippen LogP contribution >= 0.6 is 0 Å². The van der Waals surface area contributed by atoms with Crippen LogP contribution in [0.25, 0.3) is 0 Å². The summed E-state index contributed by atoms with van der Waals surface area (Å²) in [7, 11) is 0. The number of primary amides is 1. The Morgan fingerprint density at radius 1 is 1.36 bits per heavy atom. The maximum absolute atomic E-state index is 11.4. The van der Waals surface area contributed by atoms with Gasteiger partial charge in [-0.05, 0) is 20.8 Å². The number of ether oxygens (including phenoxy) is 1. The molecule has 1 aromatic heterocycles. The van der Waals surface area contributed by atoms with Crippen molar-refractivity contribution in [2.75, 3.05) is 18.4 Å². The highest BCUT2D eigenvalue weighted by atomic mass is 16.6. The second-order valence-corrected chi connectivity index (χ2v) is 5.95. The first-order chi connectivity index (χ1) is 11.6. The Balaban J connectivity index is 2.52. The van der Waals surface area contributed by atoms with Crippen molar-refractivity contribution in [1.82, 2.24) is 10.3 Å². The highest BCUT2D eigenvalue weighted by molar-refractivity contribution is 5.93. The van der Waals surface area contributed by atoms with Crippen LogP contribution < -0.4 is 16.4 Å². The molecular formula is C15H21N5O5. The molecule has 0 aromatic carbocycles. The normalized spacial score (nSPS) is 11.2. The van der Waals surface area contributed by atoms with E-state index in [1.165, 1.54) is 0 Å². The van der Waals surface area contributed by atoms with E-state index in [1.54, 1.807) is 32.9 Å². The first-order valence-electron chi connectivity index (χ1n) is 7.40. The monoisotopic (exact) mass is 351 g/mol. The molecule has 2 amide bonds. The molecular weight excluding hydrogens is 330 g/mol. The topological polar surface area (TPSA) is 149 Å². The van der Waals surface area contributed by atoms with Gasteiger partial charge in [0.05, 0.1) is 10.5 Å². The number of pyridine rings is 1. The SMILES string of the molecule is CC(C)(C)OC(=O)NC/C=C/CNc1ncc(C(N)=O)cc1[N+](=O)[O-]. The first-order valence-corrected chi connectivity index (χ1v) is 7.40. The number of hydrogen-bond acceptors (Lipinski definition) is 7. The van der Waals surface area contributed by atoms with Gasteiger partial charge in [-0.1, -0.05) is 12.2 Å². The van der Waals surface area contributed by atoms with Gasteiger partial charge in [-0.2, -0.15) is 0 Å². The number of rotatable bonds is 7. The lowest BCUT2D eigenvalue weighted by Crippen LogP contribution is -2.32. The van der Waals surface area contributed by atoms with Crippen LogP contribution in [0.1, 0.15) is 31.1 Å². The molecule has 0 spiro atoms. The lowest BCUT2D eigenvalue weighted by molar-refractivity contribution is -0.384. The standard InChI is InChI=1S/C15H21N5O5/c1-15(2,3)25-14(22)18-7-5-4-6-17-13-11(20(23)24)8-10(9-19-13)12(16)21/h4-5,8-9H,6-7H2,1-3H3,(H2,16,21)(H,17,19)(H,18,22)/b5-4+. The average molecular weight is 351 g/mol. The Morgan fingerprint density at radius 2 is 2.00 bits per heavy atom. The van der Waals surface area contributed by atoms with Gasteiger partial charge in [0, 0.05) is 25.4 Å². The number of carbonyl (C=O) groups is 2. The molecule has 0 aliphatic carbocycles. The van der Waals surface area contributed by atoms with Gasteiger partial charge >= 0.3 is 11.8 Å². The van der Waals surface area contributed by atoms with Gasteiger partial charge < -0.3 is 21.1 Å². The minimum Gasteiger partial charge on any atom is -0.444 e. The first kappa shape index (κ1) is 19.9. The van der Waals surface area contributed by atoms with Gasteiger partial charge in [0.15, 0.2) is 0 Å². The van der Waals surface area contributed by atoms with Gasteiger partial charge in [-0.25, -0.2) is 9.78 Å². The molecule has 0 aliphatic heterocycles. The van der Waals surface area contributed by atoms with Crippen molar-refractivity contribution in [2.24, 2.45) is 5.73 Å². The van der Waals surface area contributed by atoms with Crippen molar-refractivity contribution in [3.63, 3.8) is 0 Å². The minimum absolute atomic E-state index is 0.0137. The van der Waals surface area contributed by atoms with Crippen LogP contribution in [0.15, 0.2) is 24.4 Å². The summed E-state index contributed by atoms with van der Waals surface area (Å²) in [5.41, 5.74) is 4.10. The summed E-state index contributed by atoms with van der Waals surface area (Å²) >= 11 is 0. The molecule has 1 aromatic rings. The fraction of sp³-hybridized carbons (Fsp3) is 0.400. The smallest absolute Gasteiger partial charge is 0.407 e. The lowest BCUT2D eigenvalue weighted by atomic mass is 10.2. The third-order valence-electron chi connectivity index (χ3n) is 2.67. The summed E-state index contributed by atoms with van der Waals surface area (Å²) < 4.78 is 5.06. The Bertz CT molecular complexity index is 681. The van der Waals surface area contributed by atoms with Gasteiger partial charge in [0.1, 0.15) is 5.60 Å². The number of nitro groups is 1. The molecule has 0 atom stereocenters. The summed E-state index contributed by atoms with van der Waals surface area (Å²) in [6.45, 7) is 5.76. The van der Waals surface area contributed by atoms with E-state index in [1.807, 2.05) is 0 Å². The molecule has 4 N–H and O–H groups in total. The van der Waals surface area contributed by atoms with Crippen molar-refractivity contribution >= 4 is 23.5 Å². The molecule has 0 aliphatic rings. The maximum atomic E-state index is 11.4. The van der Waals surface area contributed by atoms with Gasteiger partial charge in [-0.3, -0.25) is 14.9 Å². The molecule has 1 heterocycles. The molecule has 136 valence electrons. The quantitative estimate of drug-likeness (QED) is 0.383. The molecule has 10 heteroatoms. The fourth-order valence-electron chi connectivity index (χ4n) is 1.64. The van der Waals surface area contributed by atoms with Crippen molar-refractivity contribution in [1.29, 1.82) is 0 Å². The number of carbonyl (C=O) groups excluding carboxylic acids is 2. The number of hydrogen-bond donors (Lipinski definition) is 3. The molecule has 0 fully saturated rings. The number of nitrogens with zero attached hydrogens (tertiary/aromatic N) is 2. The van der Waals surface area contributed by atoms with Crippen LogP contribution in [-0.4, -0.2) is 40.6 Å². The second-order valence-electron chi connectivity index (χ2n) is 5.95. The summed E-state index contributed by atoms with van der Waals surface area (Å²) in [6, 6.07) is 1.06. The number of anilines is 1. The number of nitrogens with two attached hydrogens (primary N) is 1. The molecule has 0 saturated heterocycles. The van der Waals surface area contributed by atoms with Crippen molar-refractivity contribution in [3.05, 3.63) is 40.1 Å². The summed E-state index contributed by atoms with van der Waals surface area (Å²) in [5.74, 6) is -0.782. The summed E-state index contributed by atoms with van der Waals surface area (Å²) in [5, 5.41) is 16.3. The summed E-state index contributed by atoms with van der Waals surface area (Å²) in [4.78, 5) is 36.6. The van der Waals surface area contributed by atoms with Crippen LogP contribution in [-0.2, 0) is 4.74 Å². The maximum Gasteiger partial charge on any atom is 0.407 e. The van der Waals surface area contributed by atoms with Gasteiger partial charge in [0.25, 0.3) is 5.91 Å². The Hall–Kier alpha value is -3.17. The minimum atomic E-state index is -0.796. The van der Waals surface area contributed by atoms with Crippen molar-refractivity contribution in [2.45, 2.75) is 26.4 Å². The predicted molar refractivity (Wildman–Crippen MR) is 91.3 cm³/mol. The number of amides is 2. The van der Waals surface area contributed by atoms with E-state index in [0.717, 1.165) is 12.3 Å². The number of nitrogens with one attached hydrogen (secondary N) is 2. The van der Waals surface area contributed by atoms with E-state index in [2.05, 4.69) is 15.6 Å². The molecule has 0 unspecified atom stereocenters. The van der Waals surface area contributed by atoms with E-state index < -0.39 is 22.5 Å². The van der Waals surface area contributed by atoms with E-state index in [0.29, 0.717) is 0 Å². The van der Waals surface area contributed by atoms with Crippen molar-refractivity contribution < 1.29 is 19.2 Å². The molecule has 0 radical (unpaired) electrons. The molecule has 0 saturated carbocycles. The number of alkyl carbamates (subject to hydrolysis) is 1. The predicted octanol–water partition coefficient (Wildman–Crippen LogP) is 1.58. The molecule has 1 rings (SSSR count). The van der Waals surface area contributed by atoms with Crippen LogP contribution in [0.3, 0.4) is 0 Å². The third-order valence-corrected chi connectivity index (χ3v) is 2.67. The lowest BCUT2D eigenvalue weighted by Gasteiger charge is -2.19. The van der Waals surface area contributed by atoms with Crippen LogP contribution in [0.5, 0.6) is 0 Å². The van der Waals surface area contributed by atoms with E-state index in [4.69, 9.17) is 10.5 Å². The fourth-order valence-corrected chi connectivity index (χ4v) is 1.64. The molecule has 10 nitrogen and oxygen atoms in total. The van der Waals surface area contributed by atoms with Crippen LogP contribution in [0, 0.1) is 10.1 Å². The van der Waals surface area contributed by atoms with Crippen molar-refractivity contribution in [3.8, 4) is 0 Å². The molecule has 0 bridgehead atoms. The largest absolute Gasteiger partial charge is 0.444 e. The van der Waals surface area contributed by atoms with E-state index in [-0.39, 0.29) is 30.2 Å². The van der Waals surface area contributed by atoms with Gasteiger partial charge in [0.2, 0.25) is 5.82 Å². The summed E-state index contributed by atoms with van der Waals surface area (Å²) in [6.07, 6.45) is 3.93. The second kappa shape index (κ2) is 8.62. The third kappa shape index (κ3) is 7.29. The highest BCUT2D eigenvalue weighted by Crippen LogP contribution is 2.22. The van der Waals surface area contributed by atoms with E-state index >= 15 is 0 Å². The van der Waals surface area contributed by atoms with E-state index in [9.17, 15) is 19.7 Å². The zero-order chi connectivity index (χ0) is 19.0. The zero-order valence-electron chi connectivity index (χ0n) is 14.2. The Kier molecular flexibility index (Phi) is 6.85. The molecule has 25 heavy (non-hydrogen) atoms. The number of aromatic nitrogens is 1. The highest BCUT2D eigenvalue weighted by Gasteiger charge is 2.17. The van der Waals surface area contributed by atoms with Crippen LogP contribution in [0.2, 0.25) is 0 Å².